The van der Waals surface area contributed by atoms with Crippen molar-refractivity contribution in [3.05, 3.63) is 70.6 Å². The Morgan fingerprint density at radius 3 is 2.38 bits per heavy atom. The van der Waals surface area contributed by atoms with Gasteiger partial charge in [0.25, 0.3) is 5.56 Å². The molecule has 7 heteroatoms. The molecule has 2 amide bonds. The molecule has 2 N–H and O–H groups in total. The largest absolute Gasteiger partial charge is 0.323 e. The minimum Gasteiger partial charge on any atom is -0.316 e. The molecule has 122 valence electrons. The van der Waals surface area contributed by atoms with E-state index in [-0.39, 0.29) is 11.2 Å². The van der Waals surface area contributed by atoms with E-state index < -0.39 is 17.7 Å². The lowest BCUT2D eigenvalue weighted by Gasteiger charge is -2.12. The predicted octanol–water partition coefficient (Wildman–Crippen LogP) is 3.46. The second-order valence-electron chi connectivity index (χ2n) is 5.21. The van der Waals surface area contributed by atoms with Gasteiger partial charge in [-0.3, -0.25) is 4.79 Å². The average Bonchev–Trinajstić information content (AvgIpc) is 2.55. The Morgan fingerprint density at radius 2 is 1.67 bits per heavy atom. The van der Waals surface area contributed by atoms with E-state index >= 15 is 0 Å². The zero-order chi connectivity index (χ0) is 17.3. The average molecular weight is 329 g/mol. The maximum absolute atomic E-state index is 13.6. The molecule has 0 atom stereocenters. The van der Waals surface area contributed by atoms with Crippen molar-refractivity contribution in [1.82, 2.24) is 4.57 Å². The van der Waals surface area contributed by atoms with Crippen molar-refractivity contribution >= 4 is 28.2 Å². The summed E-state index contributed by atoms with van der Waals surface area (Å²) in [5.41, 5.74) is 0.0527. The lowest BCUT2D eigenvalue weighted by Crippen LogP contribution is -2.23. The van der Waals surface area contributed by atoms with E-state index in [1.807, 2.05) is 0 Å². The van der Waals surface area contributed by atoms with Gasteiger partial charge in [0, 0.05) is 30.1 Å². The summed E-state index contributed by atoms with van der Waals surface area (Å²) < 4.78 is 27.8. The molecule has 3 aromatic rings. The number of halogens is 2. The van der Waals surface area contributed by atoms with Crippen molar-refractivity contribution in [2.75, 3.05) is 10.6 Å². The first kappa shape index (κ1) is 15.7. The summed E-state index contributed by atoms with van der Waals surface area (Å²) in [6.07, 6.45) is 1.48. The number of nitrogens with one attached hydrogen (secondary N) is 2. The van der Waals surface area contributed by atoms with Gasteiger partial charge in [0.1, 0.15) is 11.6 Å². The van der Waals surface area contributed by atoms with Gasteiger partial charge >= 0.3 is 6.03 Å². The Hall–Kier alpha value is -3.22. The minimum atomic E-state index is -0.879. The number of pyridine rings is 1. The number of aromatic nitrogens is 1. The van der Waals surface area contributed by atoms with E-state index in [2.05, 4.69) is 10.6 Å². The number of urea groups is 1. The number of amides is 2. The summed E-state index contributed by atoms with van der Waals surface area (Å²) in [6.45, 7) is 0. The first-order valence-electron chi connectivity index (χ1n) is 7.07. The molecule has 24 heavy (non-hydrogen) atoms. The highest BCUT2D eigenvalue weighted by Crippen LogP contribution is 2.21. The smallest absolute Gasteiger partial charge is 0.316 e. The van der Waals surface area contributed by atoms with Crippen LogP contribution in [0.15, 0.2) is 53.5 Å². The third-order valence-electron chi connectivity index (χ3n) is 3.52. The van der Waals surface area contributed by atoms with Crippen molar-refractivity contribution in [2.24, 2.45) is 7.05 Å². The topological polar surface area (TPSA) is 63.1 Å². The predicted molar refractivity (Wildman–Crippen MR) is 88.2 cm³/mol. The number of rotatable bonds is 2. The van der Waals surface area contributed by atoms with Gasteiger partial charge in [0.2, 0.25) is 0 Å². The van der Waals surface area contributed by atoms with Crippen molar-refractivity contribution in [1.29, 1.82) is 0 Å². The summed E-state index contributed by atoms with van der Waals surface area (Å²) in [5, 5.41) is 5.89. The Balaban J connectivity index is 1.91. The van der Waals surface area contributed by atoms with E-state index in [4.69, 9.17) is 0 Å². The normalized spacial score (nSPS) is 10.6. The van der Waals surface area contributed by atoms with Crippen molar-refractivity contribution in [3.63, 3.8) is 0 Å². The molecular weight excluding hydrogens is 316 g/mol. The molecule has 0 aliphatic rings. The quantitative estimate of drug-likeness (QED) is 0.756. The van der Waals surface area contributed by atoms with Crippen LogP contribution in [0.25, 0.3) is 10.8 Å². The summed E-state index contributed by atoms with van der Waals surface area (Å²) in [7, 11) is 1.57. The van der Waals surface area contributed by atoms with Gasteiger partial charge in [-0.15, -0.1) is 0 Å². The first-order chi connectivity index (χ1) is 11.5. The van der Waals surface area contributed by atoms with Gasteiger partial charge in [0.15, 0.2) is 0 Å². The molecule has 3 rings (SSSR count). The molecular formula is C17H13F2N3O2. The number of anilines is 2. The number of carbonyl (C=O) groups excluding carboxylic acids is 1. The Bertz CT molecular complexity index is 999. The van der Waals surface area contributed by atoms with Gasteiger partial charge in [-0.2, -0.15) is 0 Å². The van der Waals surface area contributed by atoms with Gasteiger partial charge in [0.05, 0.1) is 11.4 Å². The second kappa shape index (κ2) is 6.11. The maximum atomic E-state index is 13.6. The molecule has 2 aromatic carbocycles. The summed E-state index contributed by atoms with van der Waals surface area (Å²) in [6, 6.07) is 8.96. The second-order valence-corrected chi connectivity index (χ2v) is 5.21. The third-order valence-corrected chi connectivity index (χ3v) is 3.52. The Morgan fingerprint density at radius 1 is 1.00 bits per heavy atom. The van der Waals surface area contributed by atoms with E-state index in [0.29, 0.717) is 22.5 Å². The number of nitrogens with zero attached hydrogens (tertiary/aromatic N) is 1. The molecule has 0 radical (unpaired) electrons. The van der Waals surface area contributed by atoms with Gasteiger partial charge in [-0.1, -0.05) is 18.2 Å². The number of benzene rings is 2. The highest BCUT2D eigenvalue weighted by atomic mass is 19.1. The lowest BCUT2D eigenvalue weighted by molar-refractivity contribution is 0.262. The van der Waals surface area contributed by atoms with Crippen molar-refractivity contribution < 1.29 is 13.6 Å². The van der Waals surface area contributed by atoms with Crippen LogP contribution >= 0.6 is 0 Å². The fourth-order valence-electron chi connectivity index (χ4n) is 2.38. The molecule has 0 bridgehead atoms. The number of aryl methyl sites for hydroxylation is 1. The highest BCUT2D eigenvalue weighted by Gasteiger charge is 2.11. The minimum absolute atomic E-state index is 0.150. The fraction of sp³-hybridized carbons (Fsp3) is 0.0588. The molecule has 0 unspecified atom stereocenters. The maximum Gasteiger partial charge on any atom is 0.323 e. The fourth-order valence-corrected chi connectivity index (χ4v) is 2.38. The molecule has 0 aliphatic heterocycles. The summed E-state index contributed by atoms with van der Waals surface area (Å²) >= 11 is 0. The Kier molecular flexibility index (Phi) is 3.99. The lowest BCUT2D eigenvalue weighted by atomic mass is 10.1. The van der Waals surface area contributed by atoms with Gasteiger partial charge in [-0.25, -0.2) is 13.6 Å². The van der Waals surface area contributed by atoms with Crippen molar-refractivity contribution in [2.45, 2.75) is 0 Å². The first-order valence-corrected chi connectivity index (χ1v) is 7.07. The van der Waals surface area contributed by atoms with Crippen LogP contribution in [0.3, 0.4) is 0 Å². The molecule has 1 heterocycles. The molecule has 0 saturated carbocycles. The summed E-state index contributed by atoms with van der Waals surface area (Å²) in [4.78, 5) is 24.2. The SMILES string of the molecule is Cn1cc(NC(=O)Nc2ccc(F)cc2F)c2ccccc2c1=O. The van der Waals surface area contributed by atoms with Crippen LogP contribution in [0.5, 0.6) is 0 Å². The number of fused-ring (bicyclic) bond motifs is 1. The van der Waals surface area contributed by atoms with Crippen LogP contribution in [-0.2, 0) is 7.05 Å². The van der Waals surface area contributed by atoms with E-state index in [1.54, 1.807) is 31.3 Å². The molecule has 0 spiro atoms. The van der Waals surface area contributed by atoms with Crippen LogP contribution in [0, 0.1) is 11.6 Å². The Labute approximate surface area is 135 Å². The number of hydrogen-bond donors (Lipinski definition) is 2. The molecule has 0 saturated heterocycles. The molecule has 0 aliphatic carbocycles. The van der Waals surface area contributed by atoms with Crippen LogP contribution < -0.4 is 16.2 Å². The number of hydrogen-bond acceptors (Lipinski definition) is 2. The van der Waals surface area contributed by atoms with Crippen LogP contribution in [-0.4, -0.2) is 10.6 Å². The zero-order valence-corrected chi connectivity index (χ0v) is 12.6. The van der Waals surface area contributed by atoms with Crippen LogP contribution in [0.2, 0.25) is 0 Å². The van der Waals surface area contributed by atoms with E-state index in [0.717, 1.165) is 12.1 Å². The zero-order valence-electron chi connectivity index (χ0n) is 12.6. The number of carbonyl (C=O) groups is 1. The van der Waals surface area contributed by atoms with Crippen LogP contribution in [0.4, 0.5) is 25.0 Å². The third kappa shape index (κ3) is 2.96. The van der Waals surface area contributed by atoms with E-state index in [9.17, 15) is 18.4 Å². The van der Waals surface area contributed by atoms with Gasteiger partial charge < -0.3 is 15.2 Å². The molecule has 0 fully saturated rings. The molecule has 1 aromatic heterocycles. The van der Waals surface area contributed by atoms with Crippen molar-refractivity contribution in [3.8, 4) is 0 Å². The standard InChI is InChI=1S/C17H13F2N3O2/c1-22-9-15(11-4-2-3-5-12(11)16(22)23)21-17(24)20-14-7-6-10(18)8-13(14)19/h2-9H,1H3,(H2,20,21,24). The monoisotopic (exact) mass is 329 g/mol. The van der Waals surface area contributed by atoms with Gasteiger partial charge in [-0.05, 0) is 18.2 Å². The molecule has 5 nitrogen and oxygen atoms in total. The van der Waals surface area contributed by atoms with Crippen LogP contribution in [0.1, 0.15) is 0 Å². The summed E-state index contributed by atoms with van der Waals surface area (Å²) in [5.74, 6) is -1.61. The highest BCUT2D eigenvalue weighted by molar-refractivity contribution is 6.05. The van der Waals surface area contributed by atoms with E-state index in [1.165, 1.54) is 10.8 Å².